The van der Waals surface area contributed by atoms with Crippen LogP contribution in [0.4, 0.5) is 26.7 Å². The van der Waals surface area contributed by atoms with Gasteiger partial charge in [-0.25, -0.2) is 4.79 Å². The molecule has 166 valence electrons. The van der Waals surface area contributed by atoms with Gasteiger partial charge in [-0.1, -0.05) is 18.6 Å². The summed E-state index contributed by atoms with van der Waals surface area (Å²) in [5, 5.41) is 5.09. The van der Waals surface area contributed by atoms with E-state index in [2.05, 4.69) is 10.6 Å². The number of rotatable bonds is 6. The van der Waals surface area contributed by atoms with Crippen molar-refractivity contribution in [1.29, 1.82) is 0 Å². The summed E-state index contributed by atoms with van der Waals surface area (Å²) in [5.41, 5.74) is -1.20. The third kappa shape index (κ3) is 3.97. The van der Waals surface area contributed by atoms with Crippen LogP contribution in [0.15, 0.2) is 11.6 Å². The molecule has 5 nitrogen and oxygen atoms in total. The molecular weight excluding hydrogens is 399 g/mol. The Labute approximate surface area is 166 Å². The monoisotopic (exact) mass is 426 g/mol. The lowest BCUT2D eigenvalue weighted by Crippen LogP contribution is -2.80. The Hall–Kier alpha value is -1.42. The Morgan fingerprint density at radius 2 is 2.07 bits per heavy atom. The van der Waals surface area contributed by atoms with Gasteiger partial charge in [0.2, 0.25) is 0 Å². The van der Waals surface area contributed by atoms with E-state index < -0.39 is 48.6 Å². The Bertz CT molecular complexity index is 656. The number of halogens is 5. The minimum Gasteiger partial charge on any atom is -0.345 e. The van der Waals surface area contributed by atoms with E-state index in [-0.39, 0.29) is 12.3 Å². The zero-order chi connectivity index (χ0) is 21.4. The van der Waals surface area contributed by atoms with Crippen LogP contribution in [0, 0.1) is 17.3 Å². The standard InChI is InChI=1S/C19H27F5N2O3/c1-3-11-4-5-13-14-8-12(29-15(20)21)6-7-17(14,9-11)19(13,26-16(27)25-2)28-10-18(22,23)24/h4,12-15H,3,5-10H2,1-2H3,(H2,25,26,27)/t12?,13-,14-,17?,19?/m0/s1. The molecule has 2 bridgehead atoms. The summed E-state index contributed by atoms with van der Waals surface area (Å²) in [6, 6.07) is -0.624. The van der Waals surface area contributed by atoms with Crippen LogP contribution in [0.3, 0.4) is 0 Å². The fourth-order valence-electron chi connectivity index (χ4n) is 5.72. The van der Waals surface area contributed by atoms with Gasteiger partial charge in [0.25, 0.3) is 0 Å². The van der Waals surface area contributed by atoms with Gasteiger partial charge in [-0.15, -0.1) is 0 Å². The number of fused-ring (bicyclic) bond motifs is 2. The zero-order valence-corrected chi connectivity index (χ0v) is 16.5. The van der Waals surface area contributed by atoms with Crippen molar-refractivity contribution in [3.8, 4) is 0 Å². The SMILES string of the molecule is CCC1=CC[C@H]2[C@@H]3CC(OC(F)F)CCC3(C1)C2(NC(=O)NC)OCC(F)(F)F. The lowest BCUT2D eigenvalue weighted by Gasteiger charge is -2.70. The maximum absolute atomic E-state index is 13.0. The van der Waals surface area contributed by atoms with Crippen molar-refractivity contribution in [2.24, 2.45) is 17.3 Å². The summed E-state index contributed by atoms with van der Waals surface area (Å²) >= 11 is 0. The van der Waals surface area contributed by atoms with Crippen LogP contribution in [-0.4, -0.2) is 44.3 Å². The Kier molecular flexibility index (Phi) is 6.16. The van der Waals surface area contributed by atoms with E-state index in [1.54, 1.807) is 0 Å². The van der Waals surface area contributed by atoms with Gasteiger partial charge < -0.3 is 20.1 Å². The second kappa shape index (κ2) is 8.02. The molecule has 0 saturated heterocycles. The number of carbonyl (C=O) groups is 1. The first-order valence-corrected chi connectivity index (χ1v) is 9.89. The fourth-order valence-corrected chi connectivity index (χ4v) is 5.72. The van der Waals surface area contributed by atoms with Crippen LogP contribution in [-0.2, 0) is 9.47 Å². The molecule has 0 aromatic heterocycles. The van der Waals surface area contributed by atoms with Gasteiger partial charge in [-0.2, -0.15) is 22.0 Å². The molecule has 0 aromatic carbocycles. The van der Waals surface area contributed by atoms with E-state index in [0.717, 1.165) is 12.0 Å². The highest BCUT2D eigenvalue weighted by molar-refractivity contribution is 5.74. The van der Waals surface area contributed by atoms with E-state index in [9.17, 15) is 26.7 Å². The smallest absolute Gasteiger partial charge is 0.345 e. The number of hydrogen-bond donors (Lipinski definition) is 2. The molecule has 3 unspecified atom stereocenters. The van der Waals surface area contributed by atoms with Crippen molar-refractivity contribution < 1.29 is 36.2 Å². The molecule has 2 fully saturated rings. The van der Waals surface area contributed by atoms with Crippen molar-refractivity contribution in [3.05, 3.63) is 11.6 Å². The number of allylic oxidation sites excluding steroid dienone is 2. The molecule has 1 spiro atoms. The number of ether oxygens (including phenoxy) is 2. The summed E-state index contributed by atoms with van der Waals surface area (Å²) in [6.07, 6.45) is -0.675. The fraction of sp³-hybridized carbons (Fsp3) is 0.842. The van der Waals surface area contributed by atoms with Crippen molar-refractivity contribution in [1.82, 2.24) is 10.6 Å². The second-order valence-electron chi connectivity index (χ2n) is 8.13. The predicted octanol–water partition coefficient (Wildman–Crippen LogP) is 4.34. The summed E-state index contributed by atoms with van der Waals surface area (Å²) in [4.78, 5) is 12.2. The number of carbonyl (C=O) groups excluding carboxylic acids is 1. The molecule has 5 atom stereocenters. The lowest BCUT2D eigenvalue weighted by atomic mass is 9.41. The molecule has 0 heterocycles. The third-order valence-electron chi connectivity index (χ3n) is 6.83. The van der Waals surface area contributed by atoms with Gasteiger partial charge in [0.15, 0.2) is 5.72 Å². The number of amides is 2. The second-order valence-corrected chi connectivity index (χ2v) is 8.13. The molecule has 2 amide bonds. The van der Waals surface area contributed by atoms with Crippen LogP contribution in [0.5, 0.6) is 0 Å². The van der Waals surface area contributed by atoms with Crippen molar-refractivity contribution in [3.63, 3.8) is 0 Å². The lowest BCUT2D eigenvalue weighted by molar-refractivity contribution is -0.342. The molecule has 2 N–H and O–H groups in total. The summed E-state index contributed by atoms with van der Waals surface area (Å²) in [5.74, 6) is -0.624. The maximum atomic E-state index is 13.0. The molecule has 4 rings (SSSR count). The van der Waals surface area contributed by atoms with Crippen LogP contribution >= 0.6 is 0 Å². The zero-order valence-electron chi connectivity index (χ0n) is 16.5. The van der Waals surface area contributed by atoms with Crippen LogP contribution in [0.25, 0.3) is 0 Å². The molecular formula is C19H27F5N2O3. The summed E-state index contributed by atoms with van der Waals surface area (Å²) in [6.45, 7) is -2.41. The molecule has 10 heteroatoms. The first-order chi connectivity index (χ1) is 13.6. The van der Waals surface area contributed by atoms with Crippen LogP contribution < -0.4 is 10.6 Å². The molecule has 4 aliphatic rings. The number of alkyl halides is 5. The summed E-state index contributed by atoms with van der Waals surface area (Å²) in [7, 11) is 1.38. The number of nitrogens with one attached hydrogen (secondary N) is 2. The molecule has 29 heavy (non-hydrogen) atoms. The Morgan fingerprint density at radius 1 is 1.34 bits per heavy atom. The normalized spacial score (nSPS) is 36.6. The first kappa shape index (κ1) is 22.3. The highest BCUT2D eigenvalue weighted by Crippen LogP contribution is 2.70. The molecule has 2 saturated carbocycles. The molecule has 4 aliphatic carbocycles. The van der Waals surface area contributed by atoms with E-state index in [1.807, 2.05) is 13.0 Å². The van der Waals surface area contributed by atoms with Gasteiger partial charge in [0.05, 0.1) is 6.10 Å². The van der Waals surface area contributed by atoms with E-state index in [4.69, 9.17) is 9.47 Å². The quantitative estimate of drug-likeness (QED) is 0.377. The molecule has 0 aliphatic heterocycles. The minimum absolute atomic E-state index is 0.175. The predicted molar refractivity (Wildman–Crippen MR) is 94.1 cm³/mol. The highest BCUT2D eigenvalue weighted by atomic mass is 19.4. The van der Waals surface area contributed by atoms with Crippen molar-refractivity contribution in [2.75, 3.05) is 13.7 Å². The number of hydrogen-bond acceptors (Lipinski definition) is 3. The average molecular weight is 426 g/mol. The third-order valence-corrected chi connectivity index (χ3v) is 6.83. The topological polar surface area (TPSA) is 59.6 Å². The van der Waals surface area contributed by atoms with E-state index in [0.29, 0.717) is 25.7 Å². The average Bonchev–Trinajstić information content (AvgIpc) is 2.89. The first-order valence-electron chi connectivity index (χ1n) is 9.89. The molecule has 0 radical (unpaired) electrons. The largest absolute Gasteiger partial charge is 0.411 e. The van der Waals surface area contributed by atoms with Crippen LogP contribution in [0.2, 0.25) is 0 Å². The van der Waals surface area contributed by atoms with Crippen molar-refractivity contribution in [2.45, 2.75) is 70.1 Å². The Morgan fingerprint density at radius 3 is 2.66 bits per heavy atom. The van der Waals surface area contributed by atoms with Gasteiger partial charge in [0.1, 0.15) is 6.61 Å². The number of urea groups is 1. The van der Waals surface area contributed by atoms with Crippen LogP contribution in [0.1, 0.15) is 45.4 Å². The highest BCUT2D eigenvalue weighted by Gasteiger charge is 2.74. The minimum atomic E-state index is -4.56. The Balaban J connectivity index is 1.96. The maximum Gasteiger partial charge on any atom is 0.411 e. The van der Waals surface area contributed by atoms with E-state index in [1.165, 1.54) is 7.05 Å². The van der Waals surface area contributed by atoms with Gasteiger partial charge >= 0.3 is 18.8 Å². The van der Waals surface area contributed by atoms with Gasteiger partial charge in [-0.05, 0) is 44.4 Å². The van der Waals surface area contributed by atoms with E-state index >= 15 is 0 Å². The summed E-state index contributed by atoms with van der Waals surface area (Å²) < 4.78 is 74.8. The molecule has 0 aromatic rings. The van der Waals surface area contributed by atoms with Crippen molar-refractivity contribution >= 4 is 6.03 Å². The van der Waals surface area contributed by atoms with Gasteiger partial charge in [-0.3, -0.25) is 0 Å². The van der Waals surface area contributed by atoms with Gasteiger partial charge in [0, 0.05) is 18.4 Å².